The van der Waals surface area contributed by atoms with Crippen molar-refractivity contribution in [1.82, 2.24) is 15.6 Å². The zero-order chi connectivity index (χ0) is 22.9. The lowest BCUT2D eigenvalue weighted by atomic mass is 10.1. The maximum absolute atomic E-state index is 12.5. The highest BCUT2D eigenvalue weighted by atomic mass is 16.5. The van der Waals surface area contributed by atoms with Gasteiger partial charge in [0.1, 0.15) is 18.7 Å². The number of rotatable bonds is 9. The van der Waals surface area contributed by atoms with Crippen molar-refractivity contribution in [2.45, 2.75) is 25.1 Å². The van der Waals surface area contributed by atoms with Gasteiger partial charge in [-0.2, -0.15) is 0 Å². The molecule has 3 rings (SSSR count). The van der Waals surface area contributed by atoms with Crippen LogP contribution in [0, 0.1) is 0 Å². The number of carboxylic acid groups (broad SMARTS) is 1. The average Bonchev–Trinajstić information content (AvgIpc) is 2.81. The number of aliphatic hydroxyl groups excluding tert-OH is 1. The lowest BCUT2D eigenvalue weighted by Crippen LogP contribution is -2.53. The van der Waals surface area contributed by atoms with Crippen LogP contribution in [0.2, 0.25) is 0 Å². The maximum Gasteiger partial charge on any atom is 0.408 e. The van der Waals surface area contributed by atoms with Gasteiger partial charge in [-0.25, -0.2) is 9.59 Å². The standard InChI is InChI=1S/C23H23N3O6/c27-13-20(26-23(31)32-14-15-6-2-1-3-7-15)21(28)25-19(22(29)30)12-17-11-10-16-8-4-5-9-18(16)24-17/h1-11,19-20,27H,12-14H2,(H,25,28)(H,26,31)(H,29,30)/t19-,20-/m0/s1. The molecule has 2 atom stereocenters. The average molecular weight is 437 g/mol. The minimum atomic E-state index is -1.37. The van der Waals surface area contributed by atoms with Crippen LogP contribution in [-0.2, 0) is 27.4 Å². The Morgan fingerprint density at radius 1 is 0.906 bits per heavy atom. The van der Waals surface area contributed by atoms with Crippen molar-refractivity contribution in [1.29, 1.82) is 0 Å². The number of alkyl carbamates (subject to hydrolysis) is 1. The fraction of sp³-hybridized carbons (Fsp3) is 0.217. The number of carboxylic acids is 1. The molecule has 0 fully saturated rings. The van der Waals surface area contributed by atoms with Crippen LogP contribution < -0.4 is 10.6 Å². The number of fused-ring (bicyclic) bond motifs is 1. The molecule has 0 saturated carbocycles. The molecule has 1 aromatic heterocycles. The van der Waals surface area contributed by atoms with Crippen molar-refractivity contribution in [2.75, 3.05) is 6.61 Å². The summed E-state index contributed by atoms with van der Waals surface area (Å²) in [5.41, 5.74) is 1.94. The van der Waals surface area contributed by atoms with Gasteiger partial charge < -0.3 is 25.6 Å². The lowest BCUT2D eigenvalue weighted by molar-refractivity contribution is -0.142. The van der Waals surface area contributed by atoms with E-state index in [1.54, 1.807) is 36.4 Å². The fourth-order valence-electron chi connectivity index (χ4n) is 3.00. The molecule has 0 radical (unpaired) electrons. The third-order valence-electron chi connectivity index (χ3n) is 4.69. The lowest BCUT2D eigenvalue weighted by Gasteiger charge is -2.20. The van der Waals surface area contributed by atoms with E-state index in [9.17, 15) is 24.6 Å². The van der Waals surface area contributed by atoms with Crippen LogP contribution >= 0.6 is 0 Å². The maximum atomic E-state index is 12.5. The van der Waals surface area contributed by atoms with Gasteiger partial charge in [0.25, 0.3) is 0 Å². The third kappa shape index (κ3) is 6.26. The number of hydrogen-bond donors (Lipinski definition) is 4. The summed E-state index contributed by atoms with van der Waals surface area (Å²) in [5.74, 6) is -2.12. The fourth-order valence-corrected chi connectivity index (χ4v) is 3.00. The Kier molecular flexibility index (Phi) is 7.71. The zero-order valence-electron chi connectivity index (χ0n) is 17.1. The van der Waals surface area contributed by atoms with E-state index in [2.05, 4.69) is 15.6 Å². The topological polar surface area (TPSA) is 138 Å². The summed E-state index contributed by atoms with van der Waals surface area (Å²) in [6.07, 6.45) is -0.978. The number of ether oxygens (including phenoxy) is 1. The van der Waals surface area contributed by atoms with Crippen molar-refractivity contribution in [3.8, 4) is 0 Å². The first-order valence-electron chi connectivity index (χ1n) is 9.92. The van der Waals surface area contributed by atoms with Crippen LogP contribution in [0.3, 0.4) is 0 Å². The first kappa shape index (κ1) is 22.7. The highest BCUT2D eigenvalue weighted by Crippen LogP contribution is 2.13. The van der Waals surface area contributed by atoms with Crippen LogP contribution in [0.4, 0.5) is 4.79 Å². The number of carbonyl (C=O) groups excluding carboxylic acids is 2. The van der Waals surface area contributed by atoms with Crippen molar-refractivity contribution in [3.05, 3.63) is 78.0 Å². The number of carbonyl (C=O) groups is 3. The number of para-hydroxylation sites is 1. The summed E-state index contributed by atoms with van der Waals surface area (Å²) in [5, 5.41) is 24.5. The summed E-state index contributed by atoms with van der Waals surface area (Å²) in [4.78, 5) is 40.5. The molecule has 166 valence electrons. The number of hydrogen-bond acceptors (Lipinski definition) is 6. The van der Waals surface area contributed by atoms with E-state index in [4.69, 9.17) is 4.74 Å². The number of amides is 2. The molecule has 0 saturated heterocycles. The number of aromatic nitrogens is 1. The molecule has 0 bridgehead atoms. The first-order valence-corrected chi connectivity index (χ1v) is 9.92. The predicted molar refractivity (Wildman–Crippen MR) is 116 cm³/mol. The van der Waals surface area contributed by atoms with E-state index in [0.717, 1.165) is 10.9 Å². The molecule has 4 N–H and O–H groups in total. The highest BCUT2D eigenvalue weighted by Gasteiger charge is 2.27. The molecule has 9 nitrogen and oxygen atoms in total. The minimum Gasteiger partial charge on any atom is -0.480 e. The van der Waals surface area contributed by atoms with Crippen molar-refractivity contribution < 1.29 is 29.3 Å². The second-order valence-corrected chi connectivity index (χ2v) is 7.04. The van der Waals surface area contributed by atoms with Crippen LogP contribution in [0.25, 0.3) is 10.9 Å². The van der Waals surface area contributed by atoms with Crippen molar-refractivity contribution >= 4 is 28.9 Å². The molecule has 0 spiro atoms. The monoisotopic (exact) mass is 437 g/mol. The van der Waals surface area contributed by atoms with E-state index in [0.29, 0.717) is 11.2 Å². The Balaban J connectivity index is 1.59. The van der Waals surface area contributed by atoms with Gasteiger partial charge in [-0.05, 0) is 17.7 Å². The molecule has 3 aromatic rings. The smallest absolute Gasteiger partial charge is 0.408 e. The summed E-state index contributed by atoms with van der Waals surface area (Å²) in [6.45, 7) is -0.745. The molecular formula is C23H23N3O6. The van der Waals surface area contributed by atoms with Crippen LogP contribution in [0.5, 0.6) is 0 Å². The number of aliphatic hydroxyl groups is 1. The number of pyridine rings is 1. The molecule has 0 unspecified atom stereocenters. The molecule has 0 aliphatic heterocycles. The largest absolute Gasteiger partial charge is 0.480 e. The quantitative estimate of drug-likeness (QED) is 0.399. The van der Waals surface area contributed by atoms with Crippen LogP contribution in [0.1, 0.15) is 11.3 Å². The van der Waals surface area contributed by atoms with Crippen molar-refractivity contribution in [2.24, 2.45) is 0 Å². The Morgan fingerprint density at radius 2 is 1.62 bits per heavy atom. The number of benzene rings is 2. The van der Waals surface area contributed by atoms with Gasteiger partial charge in [0, 0.05) is 17.5 Å². The SMILES string of the molecule is O=C(N[C@@H](CO)C(=O)N[C@@H](Cc1ccc2ccccc2n1)C(=O)O)OCc1ccccc1. The molecule has 32 heavy (non-hydrogen) atoms. The minimum absolute atomic E-state index is 0.0160. The molecule has 1 heterocycles. The first-order chi connectivity index (χ1) is 15.5. The predicted octanol–water partition coefficient (Wildman–Crippen LogP) is 1.63. The Labute approximate surface area is 184 Å². The molecule has 9 heteroatoms. The molecular weight excluding hydrogens is 414 g/mol. The summed E-state index contributed by atoms with van der Waals surface area (Å²) >= 11 is 0. The van der Waals surface area contributed by atoms with E-state index in [1.165, 1.54) is 0 Å². The second-order valence-electron chi connectivity index (χ2n) is 7.04. The van der Waals surface area contributed by atoms with Gasteiger partial charge in [0.2, 0.25) is 5.91 Å². The Morgan fingerprint density at radius 3 is 2.34 bits per heavy atom. The Hall–Kier alpha value is -3.98. The van der Waals surface area contributed by atoms with E-state index in [-0.39, 0.29) is 13.0 Å². The van der Waals surface area contributed by atoms with Gasteiger partial charge in [0.15, 0.2) is 0 Å². The normalized spacial score (nSPS) is 12.5. The van der Waals surface area contributed by atoms with Gasteiger partial charge >= 0.3 is 12.1 Å². The van der Waals surface area contributed by atoms with Crippen molar-refractivity contribution in [3.63, 3.8) is 0 Å². The molecule has 2 amide bonds. The van der Waals surface area contributed by atoms with Gasteiger partial charge in [0.05, 0.1) is 12.1 Å². The van der Waals surface area contributed by atoms with Gasteiger partial charge in [-0.1, -0.05) is 54.6 Å². The molecule has 2 aromatic carbocycles. The third-order valence-corrected chi connectivity index (χ3v) is 4.69. The summed E-state index contributed by atoms with van der Waals surface area (Å²) in [6, 6.07) is 17.2. The summed E-state index contributed by atoms with van der Waals surface area (Å²) < 4.78 is 5.03. The van der Waals surface area contributed by atoms with E-state index < -0.39 is 36.7 Å². The number of aliphatic carboxylic acids is 1. The Bertz CT molecular complexity index is 1090. The highest BCUT2D eigenvalue weighted by molar-refractivity contribution is 5.89. The van der Waals surface area contributed by atoms with E-state index >= 15 is 0 Å². The molecule has 0 aliphatic carbocycles. The number of nitrogens with zero attached hydrogens (tertiary/aromatic N) is 1. The molecule has 0 aliphatic rings. The van der Waals surface area contributed by atoms with Gasteiger partial charge in [-0.15, -0.1) is 0 Å². The number of nitrogens with one attached hydrogen (secondary N) is 2. The zero-order valence-corrected chi connectivity index (χ0v) is 17.1. The van der Waals surface area contributed by atoms with E-state index in [1.807, 2.05) is 30.3 Å². The van der Waals surface area contributed by atoms with Crippen LogP contribution in [-0.4, -0.2) is 51.9 Å². The summed E-state index contributed by atoms with van der Waals surface area (Å²) in [7, 11) is 0. The van der Waals surface area contributed by atoms with Crippen LogP contribution in [0.15, 0.2) is 66.7 Å². The second kappa shape index (κ2) is 10.9. The van der Waals surface area contributed by atoms with Gasteiger partial charge in [-0.3, -0.25) is 9.78 Å².